The van der Waals surface area contributed by atoms with Gasteiger partial charge in [-0.05, 0) is 87.3 Å². The van der Waals surface area contributed by atoms with Crippen molar-refractivity contribution in [2.24, 2.45) is 23.2 Å². The van der Waals surface area contributed by atoms with Crippen LogP contribution in [0.2, 0.25) is 0 Å². The first-order valence-electron chi connectivity index (χ1n) is 11.6. The van der Waals surface area contributed by atoms with Gasteiger partial charge >= 0.3 is 0 Å². The molecule has 6 nitrogen and oxygen atoms in total. The van der Waals surface area contributed by atoms with Gasteiger partial charge in [-0.25, -0.2) is 0 Å². The molecule has 0 atom stereocenters. The molecule has 4 bridgehead atoms. The molecule has 1 aromatic rings. The van der Waals surface area contributed by atoms with Crippen molar-refractivity contribution in [3.8, 4) is 0 Å². The number of anilines is 1. The first kappa shape index (κ1) is 21.8. The molecule has 0 aromatic heterocycles. The Morgan fingerprint density at radius 3 is 2.26 bits per heavy atom. The predicted octanol–water partition coefficient (Wildman–Crippen LogP) is 3.42. The van der Waals surface area contributed by atoms with E-state index in [1.54, 1.807) is 7.05 Å². The Balaban J connectivity index is 1.22. The fourth-order valence-electron chi connectivity index (χ4n) is 6.41. The fraction of sp³-hybridized carbons (Fsp3) is 0.640. The fourth-order valence-corrected chi connectivity index (χ4v) is 6.41. The van der Waals surface area contributed by atoms with Gasteiger partial charge < -0.3 is 15.5 Å². The maximum Gasteiger partial charge on any atom is 0.243 e. The Morgan fingerprint density at radius 1 is 1.03 bits per heavy atom. The van der Waals surface area contributed by atoms with E-state index in [2.05, 4.69) is 10.6 Å². The lowest BCUT2D eigenvalue weighted by atomic mass is 9.49. The van der Waals surface area contributed by atoms with Gasteiger partial charge in [0.1, 0.15) is 0 Å². The summed E-state index contributed by atoms with van der Waals surface area (Å²) in [6, 6.07) is 5.89. The largest absolute Gasteiger partial charge is 0.355 e. The van der Waals surface area contributed by atoms with Crippen LogP contribution < -0.4 is 10.6 Å². The van der Waals surface area contributed by atoms with Gasteiger partial charge in [-0.15, -0.1) is 0 Å². The first-order valence-corrected chi connectivity index (χ1v) is 11.6. The highest BCUT2D eigenvalue weighted by Gasteiger charge is 2.54. The smallest absolute Gasteiger partial charge is 0.243 e. The molecule has 1 aromatic carbocycles. The van der Waals surface area contributed by atoms with Crippen molar-refractivity contribution in [3.05, 3.63) is 29.3 Å². The second-order valence-electron chi connectivity index (χ2n) is 10.3. The lowest BCUT2D eigenvalue weighted by Gasteiger charge is -2.55. The summed E-state index contributed by atoms with van der Waals surface area (Å²) in [7, 11) is 1.63. The molecule has 0 saturated heterocycles. The van der Waals surface area contributed by atoms with Crippen LogP contribution in [0, 0.1) is 37.0 Å². The number of nitrogens with one attached hydrogen (secondary N) is 2. The lowest BCUT2D eigenvalue weighted by Crippen LogP contribution is -2.53. The zero-order valence-electron chi connectivity index (χ0n) is 19.0. The van der Waals surface area contributed by atoms with Gasteiger partial charge in [0.15, 0.2) is 0 Å². The average molecular weight is 426 g/mol. The SMILES string of the molecule is Cc1ccc(C)c(NC(=O)CN(C)C(=O)CCNC(=O)C23CC4CC(CC(C4)C2)C3)c1. The second kappa shape index (κ2) is 8.64. The van der Waals surface area contributed by atoms with Crippen LogP contribution in [0.15, 0.2) is 18.2 Å². The number of hydrogen-bond acceptors (Lipinski definition) is 3. The average Bonchev–Trinajstić information content (AvgIpc) is 2.69. The summed E-state index contributed by atoms with van der Waals surface area (Å²) in [4.78, 5) is 39.2. The topological polar surface area (TPSA) is 78.5 Å². The number of carbonyl (C=O) groups excluding carboxylic acids is 3. The van der Waals surface area contributed by atoms with Crippen LogP contribution in [0.3, 0.4) is 0 Å². The van der Waals surface area contributed by atoms with Gasteiger partial charge in [0.05, 0.1) is 6.54 Å². The van der Waals surface area contributed by atoms with E-state index >= 15 is 0 Å². The van der Waals surface area contributed by atoms with Gasteiger partial charge in [0.25, 0.3) is 0 Å². The van der Waals surface area contributed by atoms with E-state index in [1.165, 1.54) is 24.2 Å². The molecular formula is C25H35N3O3. The number of likely N-dealkylation sites (N-methyl/N-ethyl adjacent to an activating group) is 1. The summed E-state index contributed by atoms with van der Waals surface area (Å²) >= 11 is 0. The van der Waals surface area contributed by atoms with Crippen molar-refractivity contribution in [2.45, 2.75) is 58.8 Å². The zero-order chi connectivity index (χ0) is 22.2. The van der Waals surface area contributed by atoms with Gasteiger partial charge in [0.2, 0.25) is 17.7 Å². The van der Waals surface area contributed by atoms with Crippen LogP contribution >= 0.6 is 0 Å². The van der Waals surface area contributed by atoms with Gasteiger partial charge in [0, 0.05) is 31.1 Å². The van der Waals surface area contributed by atoms with E-state index < -0.39 is 0 Å². The molecule has 4 fully saturated rings. The molecule has 4 aliphatic carbocycles. The highest BCUT2D eigenvalue weighted by Crippen LogP contribution is 2.60. The van der Waals surface area contributed by atoms with Crippen LogP contribution in [0.4, 0.5) is 5.69 Å². The zero-order valence-corrected chi connectivity index (χ0v) is 19.0. The van der Waals surface area contributed by atoms with Crippen molar-refractivity contribution in [1.29, 1.82) is 0 Å². The number of carbonyl (C=O) groups is 3. The molecule has 5 rings (SSSR count). The summed E-state index contributed by atoms with van der Waals surface area (Å²) in [6.07, 6.45) is 7.21. The Hall–Kier alpha value is -2.37. The van der Waals surface area contributed by atoms with Crippen molar-refractivity contribution in [2.75, 3.05) is 25.5 Å². The molecule has 2 N–H and O–H groups in total. The number of hydrogen-bond donors (Lipinski definition) is 2. The standard InChI is InChI=1S/C25H35N3O3/c1-16-4-5-17(2)21(8-16)27-22(29)15-28(3)23(30)6-7-26-24(31)25-12-18-9-19(13-25)11-20(10-18)14-25/h4-5,8,18-20H,6-7,9-15H2,1-3H3,(H,26,31)(H,27,29). The second-order valence-corrected chi connectivity index (χ2v) is 10.3. The quantitative estimate of drug-likeness (QED) is 0.703. The van der Waals surface area contributed by atoms with Crippen LogP contribution in [0.5, 0.6) is 0 Å². The van der Waals surface area contributed by atoms with Crippen LogP contribution in [-0.2, 0) is 14.4 Å². The third-order valence-electron chi connectivity index (χ3n) is 7.62. The van der Waals surface area contributed by atoms with E-state index in [-0.39, 0.29) is 36.1 Å². The van der Waals surface area contributed by atoms with Gasteiger partial charge in [-0.3, -0.25) is 14.4 Å². The van der Waals surface area contributed by atoms with Crippen LogP contribution in [0.25, 0.3) is 0 Å². The number of amides is 3. The molecule has 6 heteroatoms. The van der Waals surface area contributed by atoms with E-state index in [1.807, 2.05) is 32.0 Å². The maximum absolute atomic E-state index is 13.0. The van der Waals surface area contributed by atoms with Crippen molar-refractivity contribution >= 4 is 23.4 Å². The van der Waals surface area contributed by atoms with E-state index in [4.69, 9.17) is 0 Å². The minimum atomic E-state index is -0.220. The molecule has 0 radical (unpaired) electrons. The van der Waals surface area contributed by atoms with Gasteiger partial charge in [-0.1, -0.05) is 12.1 Å². The minimum absolute atomic E-state index is 0.00482. The first-order chi connectivity index (χ1) is 14.7. The van der Waals surface area contributed by atoms with Crippen molar-refractivity contribution < 1.29 is 14.4 Å². The highest BCUT2D eigenvalue weighted by molar-refractivity contribution is 5.95. The molecule has 4 saturated carbocycles. The van der Waals surface area contributed by atoms with E-state index in [9.17, 15) is 14.4 Å². The number of rotatable bonds is 7. The van der Waals surface area contributed by atoms with E-state index in [0.717, 1.165) is 53.8 Å². The summed E-state index contributed by atoms with van der Waals surface area (Å²) < 4.78 is 0. The Kier molecular flexibility index (Phi) is 6.09. The molecule has 0 heterocycles. The molecule has 168 valence electrons. The predicted molar refractivity (Wildman–Crippen MR) is 120 cm³/mol. The summed E-state index contributed by atoms with van der Waals surface area (Å²) in [5.41, 5.74) is 2.64. The lowest BCUT2D eigenvalue weighted by molar-refractivity contribution is -0.146. The minimum Gasteiger partial charge on any atom is -0.355 e. The molecule has 31 heavy (non-hydrogen) atoms. The van der Waals surface area contributed by atoms with Crippen molar-refractivity contribution in [3.63, 3.8) is 0 Å². The Bertz CT molecular complexity index is 843. The van der Waals surface area contributed by atoms with Crippen LogP contribution in [-0.4, -0.2) is 42.8 Å². The number of aryl methyl sites for hydroxylation is 2. The van der Waals surface area contributed by atoms with Crippen molar-refractivity contribution in [1.82, 2.24) is 10.2 Å². The van der Waals surface area contributed by atoms with Crippen LogP contribution in [0.1, 0.15) is 56.1 Å². The third kappa shape index (κ3) is 4.78. The molecule has 3 amide bonds. The third-order valence-corrected chi connectivity index (χ3v) is 7.62. The Morgan fingerprint density at radius 2 is 1.65 bits per heavy atom. The summed E-state index contributed by atoms with van der Waals surface area (Å²) in [6.45, 7) is 4.25. The monoisotopic (exact) mass is 425 g/mol. The molecular weight excluding hydrogens is 390 g/mol. The molecule has 4 aliphatic rings. The molecule has 0 spiro atoms. The summed E-state index contributed by atoms with van der Waals surface area (Å²) in [5.74, 6) is 1.96. The highest BCUT2D eigenvalue weighted by atomic mass is 16.2. The number of nitrogens with zero attached hydrogens (tertiary/aromatic N) is 1. The number of benzene rings is 1. The normalized spacial score (nSPS) is 28.3. The van der Waals surface area contributed by atoms with E-state index in [0.29, 0.717) is 6.54 Å². The maximum atomic E-state index is 13.0. The summed E-state index contributed by atoms with van der Waals surface area (Å²) in [5, 5.41) is 5.93. The van der Waals surface area contributed by atoms with Gasteiger partial charge in [-0.2, -0.15) is 0 Å². The molecule has 0 aliphatic heterocycles. The molecule has 0 unspecified atom stereocenters. The Labute approximate surface area is 185 Å².